The number of nitro benzene ring substituents is 1. The molecule has 0 saturated heterocycles. The predicted octanol–water partition coefficient (Wildman–Crippen LogP) is 2.93. The molecule has 0 bridgehead atoms. The van der Waals surface area contributed by atoms with Gasteiger partial charge in [0.15, 0.2) is 5.78 Å². The molecule has 0 aromatic heterocycles. The van der Waals surface area contributed by atoms with Crippen molar-refractivity contribution >= 4 is 45.7 Å². The second kappa shape index (κ2) is 4.89. The minimum atomic E-state index is -0.544. The summed E-state index contributed by atoms with van der Waals surface area (Å²) in [5, 5.41) is 10.8. The first-order valence-electron chi connectivity index (χ1n) is 4.01. The smallest absolute Gasteiger partial charge is 0.284 e. The molecule has 0 amide bonds. The molecular formula is C9H7ClINO3. The van der Waals surface area contributed by atoms with Crippen LogP contribution < -0.4 is 0 Å². The average Bonchev–Trinajstić information content (AvgIpc) is 2.19. The van der Waals surface area contributed by atoms with Crippen molar-refractivity contribution in [2.24, 2.45) is 0 Å². The Morgan fingerprint density at radius 3 is 2.67 bits per heavy atom. The highest BCUT2D eigenvalue weighted by Gasteiger charge is 2.24. The lowest BCUT2D eigenvalue weighted by molar-refractivity contribution is -0.385. The number of benzene rings is 1. The maximum atomic E-state index is 11.5. The molecule has 80 valence electrons. The molecule has 0 radical (unpaired) electrons. The second-order valence-corrected chi connectivity index (χ2v) is 4.33. The van der Waals surface area contributed by atoms with Gasteiger partial charge in [0.25, 0.3) is 5.69 Å². The van der Waals surface area contributed by atoms with Gasteiger partial charge in [-0.3, -0.25) is 14.9 Å². The Balaban J connectivity index is 3.52. The van der Waals surface area contributed by atoms with E-state index in [0.717, 1.165) is 0 Å². The molecule has 1 aromatic carbocycles. The van der Waals surface area contributed by atoms with Crippen molar-refractivity contribution in [3.05, 3.63) is 36.9 Å². The molecule has 15 heavy (non-hydrogen) atoms. The van der Waals surface area contributed by atoms with Crippen LogP contribution in [0, 0.1) is 20.6 Å². The Labute approximate surface area is 105 Å². The molecule has 1 rings (SSSR count). The van der Waals surface area contributed by atoms with Crippen LogP contribution in [0.15, 0.2) is 12.1 Å². The van der Waals surface area contributed by atoms with Crippen LogP contribution in [-0.2, 0) is 0 Å². The van der Waals surface area contributed by atoms with E-state index < -0.39 is 10.7 Å². The van der Waals surface area contributed by atoms with E-state index in [2.05, 4.69) is 0 Å². The molecule has 0 heterocycles. The van der Waals surface area contributed by atoms with Gasteiger partial charge < -0.3 is 0 Å². The average molecular weight is 340 g/mol. The quantitative estimate of drug-likeness (QED) is 0.280. The third-order valence-corrected chi connectivity index (χ3v) is 3.05. The number of alkyl halides is 1. The van der Waals surface area contributed by atoms with Crippen LogP contribution in [0.5, 0.6) is 0 Å². The molecule has 1 aromatic rings. The molecule has 0 spiro atoms. The standard InChI is InChI=1S/C9H7ClINO3/c1-5-2-3-6(11)8(7(13)4-10)9(5)12(14)15/h2-3H,4H2,1H3. The van der Waals surface area contributed by atoms with Crippen LogP contribution >= 0.6 is 34.2 Å². The van der Waals surface area contributed by atoms with Gasteiger partial charge in [0.05, 0.1) is 10.8 Å². The van der Waals surface area contributed by atoms with Crippen LogP contribution in [0.3, 0.4) is 0 Å². The Kier molecular flexibility index (Phi) is 4.04. The lowest BCUT2D eigenvalue weighted by Crippen LogP contribution is -2.08. The summed E-state index contributed by atoms with van der Waals surface area (Å²) in [5.41, 5.74) is 0.428. The summed E-state index contributed by atoms with van der Waals surface area (Å²) in [6.07, 6.45) is 0. The van der Waals surface area contributed by atoms with E-state index in [4.69, 9.17) is 11.6 Å². The minimum Gasteiger partial charge on any atom is -0.293 e. The molecule has 0 aliphatic rings. The van der Waals surface area contributed by atoms with Crippen molar-refractivity contribution in [2.75, 3.05) is 5.88 Å². The van der Waals surface area contributed by atoms with Crippen LogP contribution in [0.1, 0.15) is 15.9 Å². The minimum absolute atomic E-state index is 0.107. The van der Waals surface area contributed by atoms with Crippen molar-refractivity contribution in [3.63, 3.8) is 0 Å². The first-order chi connectivity index (χ1) is 6.99. The van der Waals surface area contributed by atoms with Gasteiger partial charge >= 0.3 is 0 Å². The summed E-state index contributed by atoms with van der Waals surface area (Å²) in [7, 11) is 0. The predicted molar refractivity (Wildman–Crippen MR) is 65.6 cm³/mol. The summed E-state index contributed by atoms with van der Waals surface area (Å²) in [4.78, 5) is 21.7. The second-order valence-electron chi connectivity index (χ2n) is 2.90. The third-order valence-electron chi connectivity index (χ3n) is 1.91. The van der Waals surface area contributed by atoms with E-state index in [1.807, 2.05) is 22.6 Å². The van der Waals surface area contributed by atoms with E-state index in [9.17, 15) is 14.9 Å². The lowest BCUT2D eigenvalue weighted by Gasteiger charge is -2.05. The van der Waals surface area contributed by atoms with Crippen LogP contribution in [-0.4, -0.2) is 16.6 Å². The van der Waals surface area contributed by atoms with Crippen molar-refractivity contribution < 1.29 is 9.72 Å². The summed E-state index contributed by atoms with van der Waals surface area (Å²) in [6.45, 7) is 1.60. The van der Waals surface area contributed by atoms with Gasteiger partial charge in [0.2, 0.25) is 0 Å². The summed E-state index contributed by atoms with van der Waals surface area (Å²) in [6, 6.07) is 3.29. The molecular weight excluding hydrogens is 332 g/mol. The Morgan fingerprint density at radius 2 is 2.20 bits per heavy atom. The van der Waals surface area contributed by atoms with Gasteiger partial charge in [-0.25, -0.2) is 0 Å². The number of carbonyl (C=O) groups is 1. The van der Waals surface area contributed by atoms with Crippen LogP contribution in [0.4, 0.5) is 5.69 Å². The number of rotatable bonds is 3. The zero-order chi connectivity index (χ0) is 11.6. The van der Waals surface area contributed by atoms with Gasteiger partial charge in [-0.2, -0.15) is 0 Å². The van der Waals surface area contributed by atoms with Gasteiger partial charge in [-0.1, -0.05) is 6.07 Å². The van der Waals surface area contributed by atoms with Crippen molar-refractivity contribution in [2.45, 2.75) is 6.92 Å². The van der Waals surface area contributed by atoms with Crippen LogP contribution in [0.2, 0.25) is 0 Å². The first-order valence-corrected chi connectivity index (χ1v) is 5.63. The van der Waals surface area contributed by atoms with E-state index in [0.29, 0.717) is 9.13 Å². The fraction of sp³-hybridized carbons (Fsp3) is 0.222. The zero-order valence-electron chi connectivity index (χ0n) is 7.79. The number of hydrogen-bond acceptors (Lipinski definition) is 3. The Morgan fingerprint density at radius 1 is 1.60 bits per heavy atom. The third kappa shape index (κ3) is 2.46. The van der Waals surface area contributed by atoms with Gasteiger partial charge in [-0.15, -0.1) is 11.6 Å². The van der Waals surface area contributed by atoms with E-state index in [1.165, 1.54) is 0 Å². The SMILES string of the molecule is Cc1ccc(I)c(C(=O)CCl)c1[N+](=O)[O-]. The maximum Gasteiger partial charge on any atom is 0.284 e. The molecule has 0 aliphatic heterocycles. The molecule has 4 nitrogen and oxygen atoms in total. The number of carbonyl (C=O) groups excluding carboxylic acids is 1. The van der Waals surface area contributed by atoms with Gasteiger partial charge in [-0.05, 0) is 35.6 Å². The fourth-order valence-corrected chi connectivity index (χ4v) is 2.11. The number of halogens is 2. The van der Waals surface area contributed by atoms with E-state index in [1.54, 1.807) is 19.1 Å². The van der Waals surface area contributed by atoms with Crippen molar-refractivity contribution in [1.82, 2.24) is 0 Å². The number of aryl methyl sites for hydroxylation is 1. The maximum absolute atomic E-state index is 11.5. The topological polar surface area (TPSA) is 60.2 Å². The highest BCUT2D eigenvalue weighted by Crippen LogP contribution is 2.28. The molecule has 0 aliphatic carbocycles. The summed E-state index contributed by atoms with van der Waals surface area (Å²) < 4.78 is 0.551. The molecule has 0 saturated carbocycles. The zero-order valence-corrected chi connectivity index (χ0v) is 10.7. The van der Waals surface area contributed by atoms with Crippen LogP contribution in [0.25, 0.3) is 0 Å². The van der Waals surface area contributed by atoms with Gasteiger partial charge in [0, 0.05) is 9.13 Å². The summed E-state index contributed by atoms with van der Waals surface area (Å²) >= 11 is 7.30. The largest absolute Gasteiger partial charge is 0.293 e. The number of ketones is 1. The number of nitrogens with zero attached hydrogens (tertiary/aromatic N) is 1. The Bertz CT molecular complexity index is 434. The van der Waals surface area contributed by atoms with E-state index in [-0.39, 0.29) is 17.1 Å². The molecule has 6 heteroatoms. The Hall–Kier alpha value is -0.690. The molecule has 0 fully saturated rings. The van der Waals surface area contributed by atoms with Crippen molar-refractivity contribution in [1.29, 1.82) is 0 Å². The van der Waals surface area contributed by atoms with Gasteiger partial charge in [0.1, 0.15) is 5.56 Å². The fourth-order valence-electron chi connectivity index (χ4n) is 1.24. The normalized spacial score (nSPS) is 10.1. The highest BCUT2D eigenvalue weighted by molar-refractivity contribution is 14.1. The molecule has 0 unspecified atom stereocenters. The highest BCUT2D eigenvalue weighted by atomic mass is 127. The van der Waals surface area contributed by atoms with E-state index >= 15 is 0 Å². The monoisotopic (exact) mass is 339 g/mol. The lowest BCUT2D eigenvalue weighted by atomic mass is 10.1. The van der Waals surface area contributed by atoms with Crippen molar-refractivity contribution in [3.8, 4) is 0 Å². The summed E-state index contributed by atoms with van der Waals surface area (Å²) in [5.74, 6) is -0.670. The number of nitro groups is 1. The molecule has 0 atom stereocenters. The first kappa shape index (κ1) is 12.4. The number of hydrogen-bond donors (Lipinski definition) is 0. The number of Topliss-reactive ketones (excluding diaryl/α,β-unsaturated/α-hetero) is 1. The molecule has 0 N–H and O–H groups in total.